The summed E-state index contributed by atoms with van der Waals surface area (Å²) < 4.78 is 5.27. The molecule has 0 aromatic rings. The van der Waals surface area contributed by atoms with Gasteiger partial charge in [0.2, 0.25) is 0 Å². The van der Waals surface area contributed by atoms with E-state index in [-0.39, 0.29) is 0 Å². The van der Waals surface area contributed by atoms with Crippen molar-refractivity contribution in [1.82, 2.24) is 10.2 Å². The topological polar surface area (TPSA) is 24.5 Å². The number of thiocarbonyl (C=S) groups is 1. The highest BCUT2D eigenvalue weighted by Crippen LogP contribution is 2.11. The number of likely N-dealkylation sites (tertiary alicyclic amines) is 1. The summed E-state index contributed by atoms with van der Waals surface area (Å²) in [5.41, 5.74) is 0. The lowest BCUT2D eigenvalue weighted by molar-refractivity contribution is 0.114. The molecule has 0 radical (unpaired) electrons. The van der Waals surface area contributed by atoms with Gasteiger partial charge in [0, 0.05) is 26.2 Å². The summed E-state index contributed by atoms with van der Waals surface area (Å²) in [4.78, 5) is 2.17. The van der Waals surface area contributed by atoms with E-state index in [9.17, 15) is 0 Å². The Balaban J connectivity index is 2.33. The molecule has 0 saturated carbocycles. The van der Waals surface area contributed by atoms with Crippen molar-refractivity contribution in [1.29, 1.82) is 0 Å². The van der Waals surface area contributed by atoms with Crippen molar-refractivity contribution in [2.24, 2.45) is 0 Å². The van der Waals surface area contributed by atoms with Crippen LogP contribution in [0.1, 0.15) is 20.3 Å². The van der Waals surface area contributed by atoms with E-state index in [0.29, 0.717) is 12.1 Å². The maximum absolute atomic E-state index is 5.27. The Bertz CT molecular complexity index is 184. The quantitative estimate of drug-likeness (QED) is 0.675. The highest BCUT2D eigenvalue weighted by Gasteiger charge is 2.23. The number of hydrogen-bond donors (Lipinski definition) is 1. The molecule has 1 N–H and O–H groups in total. The number of ether oxygens (including phenoxy) is 1. The van der Waals surface area contributed by atoms with Gasteiger partial charge in [0.25, 0.3) is 0 Å². The molecule has 1 saturated heterocycles. The van der Waals surface area contributed by atoms with Crippen LogP contribution in [0.2, 0.25) is 0 Å². The van der Waals surface area contributed by atoms with E-state index >= 15 is 0 Å². The molecule has 3 nitrogen and oxygen atoms in total. The van der Waals surface area contributed by atoms with Gasteiger partial charge in [-0.2, -0.15) is 0 Å². The second kappa shape index (κ2) is 4.77. The number of nitrogens with zero attached hydrogens (tertiary/aromatic N) is 1. The van der Waals surface area contributed by atoms with Gasteiger partial charge < -0.3 is 15.0 Å². The lowest BCUT2D eigenvalue weighted by Gasteiger charge is -2.21. The van der Waals surface area contributed by atoms with Crippen LogP contribution in [0, 0.1) is 0 Å². The SMILES string of the molecule is COC1CCN(C(=S)NC(C)C)C1. The fraction of sp³-hybridized carbons (Fsp3) is 0.889. The van der Waals surface area contributed by atoms with E-state index in [1.165, 1.54) is 0 Å². The molecule has 0 aromatic heterocycles. The van der Waals surface area contributed by atoms with Crippen LogP contribution in [0.3, 0.4) is 0 Å². The average molecular weight is 202 g/mol. The Morgan fingerprint density at radius 2 is 2.31 bits per heavy atom. The molecule has 1 aliphatic rings. The zero-order chi connectivity index (χ0) is 9.84. The van der Waals surface area contributed by atoms with Gasteiger partial charge in [0.1, 0.15) is 0 Å². The summed E-state index contributed by atoms with van der Waals surface area (Å²) in [5.74, 6) is 0. The molecule has 0 aliphatic carbocycles. The van der Waals surface area contributed by atoms with Gasteiger partial charge in [-0.15, -0.1) is 0 Å². The van der Waals surface area contributed by atoms with Gasteiger partial charge >= 0.3 is 0 Å². The Morgan fingerprint density at radius 1 is 1.62 bits per heavy atom. The minimum absolute atomic E-state index is 0.354. The molecule has 1 fully saturated rings. The van der Waals surface area contributed by atoms with Crippen LogP contribution in [-0.4, -0.2) is 42.4 Å². The van der Waals surface area contributed by atoms with Crippen molar-refractivity contribution >= 4 is 17.3 Å². The van der Waals surface area contributed by atoms with Crippen molar-refractivity contribution < 1.29 is 4.74 Å². The molecule has 1 atom stereocenters. The molecule has 0 bridgehead atoms. The lowest BCUT2D eigenvalue weighted by atomic mass is 10.3. The molecule has 0 spiro atoms. The van der Waals surface area contributed by atoms with E-state index in [0.717, 1.165) is 24.6 Å². The molecule has 76 valence electrons. The molecule has 1 rings (SSSR count). The molecule has 4 heteroatoms. The minimum Gasteiger partial charge on any atom is -0.380 e. The van der Waals surface area contributed by atoms with Gasteiger partial charge in [-0.3, -0.25) is 0 Å². The third-order valence-corrected chi connectivity index (χ3v) is 2.55. The van der Waals surface area contributed by atoms with E-state index in [1.54, 1.807) is 7.11 Å². The fourth-order valence-electron chi connectivity index (χ4n) is 1.44. The molecule has 0 amide bonds. The average Bonchev–Trinajstić information content (AvgIpc) is 2.50. The first-order chi connectivity index (χ1) is 6.13. The van der Waals surface area contributed by atoms with E-state index in [1.807, 2.05) is 0 Å². The van der Waals surface area contributed by atoms with Gasteiger partial charge in [-0.1, -0.05) is 0 Å². The molecular formula is C9H18N2OS. The predicted octanol–water partition coefficient (Wildman–Crippen LogP) is 0.990. The largest absolute Gasteiger partial charge is 0.380 e. The summed E-state index contributed by atoms with van der Waals surface area (Å²) in [6, 6.07) is 0.411. The molecular weight excluding hydrogens is 184 g/mol. The first-order valence-corrected chi connectivity index (χ1v) is 5.12. The Kier molecular flexibility index (Phi) is 3.93. The van der Waals surface area contributed by atoms with Crippen LogP contribution in [0.4, 0.5) is 0 Å². The van der Waals surface area contributed by atoms with Crippen molar-refractivity contribution in [2.75, 3.05) is 20.2 Å². The van der Waals surface area contributed by atoms with E-state index < -0.39 is 0 Å². The summed E-state index contributed by atoms with van der Waals surface area (Å²) in [7, 11) is 1.76. The predicted molar refractivity (Wildman–Crippen MR) is 57.9 cm³/mol. The minimum atomic E-state index is 0.354. The zero-order valence-corrected chi connectivity index (χ0v) is 9.36. The first-order valence-electron chi connectivity index (χ1n) is 4.71. The Morgan fingerprint density at radius 3 is 2.77 bits per heavy atom. The molecule has 13 heavy (non-hydrogen) atoms. The van der Waals surface area contributed by atoms with Crippen LogP contribution < -0.4 is 5.32 Å². The van der Waals surface area contributed by atoms with E-state index in [2.05, 4.69) is 24.1 Å². The van der Waals surface area contributed by atoms with Gasteiger partial charge in [0.05, 0.1) is 6.10 Å². The monoisotopic (exact) mass is 202 g/mol. The third kappa shape index (κ3) is 3.12. The summed E-state index contributed by atoms with van der Waals surface area (Å²) >= 11 is 5.25. The van der Waals surface area contributed by atoms with Crippen LogP contribution in [0.5, 0.6) is 0 Å². The Hall–Kier alpha value is -0.350. The second-order valence-electron chi connectivity index (χ2n) is 3.70. The van der Waals surface area contributed by atoms with E-state index in [4.69, 9.17) is 17.0 Å². The number of methoxy groups -OCH3 is 1. The fourth-order valence-corrected chi connectivity index (χ4v) is 1.84. The maximum atomic E-state index is 5.27. The van der Waals surface area contributed by atoms with Crippen LogP contribution in [0.25, 0.3) is 0 Å². The lowest BCUT2D eigenvalue weighted by Crippen LogP contribution is -2.41. The third-order valence-electron chi connectivity index (χ3n) is 2.18. The van der Waals surface area contributed by atoms with Crippen molar-refractivity contribution in [3.05, 3.63) is 0 Å². The Labute approximate surface area is 85.4 Å². The summed E-state index contributed by atoms with van der Waals surface area (Å²) in [5, 5.41) is 4.09. The van der Waals surface area contributed by atoms with Crippen LogP contribution in [-0.2, 0) is 4.74 Å². The number of hydrogen-bond acceptors (Lipinski definition) is 2. The van der Waals surface area contributed by atoms with Crippen molar-refractivity contribution in [3.63, 3.8) is 0 Å². The highest BCUT2D eigenvalue weighted by molar-refractivity contribution is 7.80. The highest BCUT2D eigenvalue weighted by atomic mass is 32.1. The molecule has 1 unspecified atom stereocenters. The molecule has 0 aromatic carbocycles. The van der Waals surface area contributed by atoms with Crippen molar-refractivity contribution in [3.8, 4) is 0 Å². The summed E-state index contributed by atoms with van der Waals surface area (Å²) in [6.07, 6.45) is 1.43. The maximum Gasteiger partial charge on any atom is 0.169 e. The normalized spacial score (nSPS) is 22.5. The molecule has 1 aliphatic heterocycles. The standard InChI is InChI=1S/C9H18N2OS/c1-7(2)10-9(13)11-5-4-8(6-11)12-3/h7-8H,4-6H2,1-3H3,(H,10,13). The number of rotatable bonds is 2. The first kappa shape index (κ1) is 10.7. The second-order valence-corrected chi connectivity index (χ2v) is 4.08. The smallest absolute Gasteiger partial charge is 0.169 e. The summed E-state index contributed by atoms with van der Waals surface area (Å²) in [6.45, 7) is 6.12. The van der Waals surface area contributed by atoms with Crippen molar-refractivity contribution in [2.45, 2.75) is 32.4 Å². The molecule has 1 heterocycles. The van der Waals surface area contributed by atoms with Crippen LogP contribution >= 0.6 is 12.2 Å². The van der Waals surface area contributed by atoms with Gasteiger partial charge in [0.15, 0.2) is 5.11 Å². The number of nitrogens with one attached hydrogen (secondary N) is 1. The zero-order valence-electron chi connectivity index (χ0n) is 8.54. The van der Waals surface area contributed by atoms with Gasteiger partial charge in [-0.25, -0.2) is 0 Å². The van der Waals surface area contributed by atoms with Gasteiger partial charge in [-0.05, 0) is 32.5 Å². The van der Waals surface area contributed by atoms with Crippen LogP contribution in [0.15, 0.2) is 0 Å².